The van der Waals surface area contributed by atoms with Gasteiger partial charge in [-0.25, -0.2) is 13.6 Å². The summed E-state index contributed by atoms with van der Waals surface area (Å²) in [5, 5.41) is 12.3. The van der Waals surface area contributed by atoms with Crippen molar-refractivity contribution in [3.05, 3.63) is 29.3 Å². The lowest BCUT2D eigenvalue weighted by Gasteiger charge is -2.29. The van der Waals surface area contributed by atoms with Crippen LogP contribution in [0.15, 0.2) is 12.1 Å². The molecule has 2 N–H and O–H groups in total. The van der Waals surface area contributed by atoms with Crippen LogP contribution in [0.1, 0.15) is 36.0 Å². The summed E-state index contributed by atoms with van der Waals surface area (Å²) < 4.78 is 27.5. The van der Waals surface area contributed by atoms with Gasteiger partial charge in [-0.2, -0.15) is 11.8 Å². The van der Waals surface area contributed by atoms with Gasteiger partial charge in [0.1, 0.15) is 0 Å². The molecule has 0 amide bonds. The molecule has 0 radical (unpaired) electrons. The average Bonchev–Trinajstić information content (AvgIpc) is 2.44. The molecular weight excluding hydrogens is 284 g/mol. The molecule has 2 rings (SSSR count). The minimum absolute atomic E-state index is 0.0410. The van der Waals surface area contributed by atoms with E-state index < -0.39 is 23.2 Å². The zero-order chi connectivity index (χ0) is 14.7. The van der Waals surface area contributed by atoms with Crippen LogP contribution < -0.4 is 5.32 Å². The third-order valence-electron chi connectivity index (χ3n) is 3.63. The van der Waals surface area contributed by atoms with Crippen LogP contribution in [0.4, 0.5) is 14.5 Å². The molecule has 1 aliphatic carbocycles. The number of halogens is 2. The first-order chi connectivity index (χ1) is 9.52. The highest BCUT2D eigenvalue weighted by Crippen LogP contribution is 2.30. The van der Waals surface area contributed by atoms with Crippen LogP contribution in [0, 0.1) is 11.6 Å². The van der Waals surface area contributed by atoms with E-state index in [1.807, 2.05) is 0 Å². The number of carboxylic acids is 1. The van der Waals surface area contributed by atoms with Gasteiger partial charge in [-0.15, -0.1) is 0 Å². The summed E-state index contributed by atoms with van der Waals surface area (Å²) in [6.45, 7) is 0. The van der Waals surface area contributed by atoms with E-state index in [0.29, 0.717) is 5.25 Å². The molecule has 0 heterocycles. The predicted molar refractivity (Wildman–Crippen MR) is 76.5 cm³/mol. The maximum Gasteiger partial charge on any atom is 0.338 e. The van der Waals surface area contributed by atoms with Crippen molar-refractivity contribution in [1.82, 2.24) is 0 Å². The summed E-state index contributed by atoms with van der Waals surface area (Å²) in [5.41, 5.74) is -0.599. The molecule has 0 aromatic heterocycles. The van der Waals surface area contributed by atoms with Gasteiger partial charge in [0.05, 0.1) is 11.3 Å². The molecule has 3 nitrogen and oxygen atoms in total. The number of hydrogen-bond acceptors (Lipinski definition) is 3. The summed E-state index contributed by atoms with van der Waals surface area (Å²) in [4.78, 5) is 10.7. The maximum atomic E-state index is 13.9. The van der Waals surface area contributed by atoms with Gasteiger partial charge in [0, 0.05) is 11.3 Å². The Hall–Kier alpha value is -1.30. The Labute approximate surface area is 120 Å². The minimum atomic E-state index is -1.46. The van der Waals surface area contributed by atoms with Gasteiger partial charge in [-0.1, -0.05) is 6.42 Å². The van der Waals surface area contributed by atoms with Crippen LogP contribution in [-0.2, 0) is 0 Å². The first-order valence-electron chi connectivity index (χ1n) is 6.53. The second-order valence-electron chi connectivity index (χ2n) is 4.96. The normalized spacial score (nSPS) is 22.6. The molecular formula is C14H17F2NO2S. The van der Waals surface area contributed by atoms with Crippen molar-refractivity contribution in [3.63, 3.8) is 0 Å². The standard InChI is InChI=1S/C14H17F2NO2S/c1-20-9-4-2-3-8(7-9)17-11-6-5-10(14(18)19)12(15)13(11)16/h5-6,8-9,17H,2-4,7H2,1H3,(H,18,19). The quantitative estimate of drug-likeness (QED) is 0.889. The number of anilines is 1. The number of carbonyl (C=O) groups is 1. The zero-order valence-electron chi connectivity index (χ0n) is 11.2. The fourth-order valence-electron chi connectivity index (χ4n) is 2.54. The highest BCUT2D eigenvalue weighted by atomic mass is 32.2. The highest BCUT2D eigenvalue weighted by Gasteiger charge is 2.24. The summed E-state index contributed by atoms with van der Waals surface area (Å²) in [6.07, 6.45) is 6.07. The first-order valence-corrected chi connectivity index (χ1v) is 7.82. The number of nitrogens with one attached hydrogen (secondary N) is 1. The topological polar surface area (TPSA) is 49.3 Å². The van der Waals surface area contributed by atoms with E-state index in [1.54, 1.807) is 11.8 Å². The van der Waals surface area contributed by atoms with Crippen LogP contribution in [0.25, 0.3) is 0 Å². The molecule has 1 aromatic rings. The van der Waals surface area contributed by atoms with Crippen LogP contribution in [0.5, 0.6) is 0 Å². The van der Waals surface area contributed by atoms with E-state index in [1.165, 1.54) is 6.07 Å². The number of hydrogen-bond donors (Lipinski definition) is 2. The molecule has 6 heteroatoms. The van der Waals surface area contributed by atoms with Gasteiger partial charge in [0.25, 0.3) is 0 Å². The third-order valence-corrected chi connectivity index (χ3v) is 4.73. The van der Waals surface area contributed by atoms with E-state index >= 15 is 0 Å². The molecule has 2 atom stereocenters. The Kier molecular flexibility index (Phi) is 4.86. The summed E-state index contributed by atoms with van der Waals surface area (Å²) >= 11 is 1.79. The smallest absolute Gasteiger partial charge is 0.338 e. The summed E-state index contributed by atoms with van der Waals surface area (Å²) in [6, 6.07) is 2.49. The number of benzene rings is 1. The third kappa shape index (κ3) is 3.23. The lowest BCUT2D eigenvalue weighted by molar-refractivity contribution is 0.0690. The van der Waals surface area contributed by atoms with Crippen LogP contribution in [0.2, 0.25) is 0 Å². The molecule has 110 valence electrons. The fourth-order valence-corrected chi connectivity index (χ4v) is 3.36. The Balaban J connectivity index is 2.14. The molecule has 1 saturated carbocycles. The van der Waals surface area contributed by atoms with Crippen molar-refractivity contribution < 1.29 is 18.7 Å². The lowest BCUT2D eigenvalue weighted by Crippen LogP contribution is -2.29. The Morgan fingerprint density at radius 1 is 1.35 bits per heavy atom. The summed E-state index contributed by atoms with van der Waals surface area (Å²) in [5.74, 6) is -3.89. The van der Waals surface area contributed by atoms with Crippen molar-refractivity contribution >= 4 is 23.4 Å². The minimum Gasteiger partial charge on any atom is -0.478 e. The van der Waals surface area contributed by atoms with Crippen molar-refractivity contribution in [2.75, 3.05) is 11.6 Å². The highest BCUT2D eigenvalue weighted by molar-refractivity contribution is 7.99. The van der Waals surface area contributed by atoms with Crippen molar-refractivity contribution in [2.45, 2.75) is 37.0 Å². The second kappa shape index (κ2) is 6.43. The van der Waals surface area contributed by atoms with E-state index in [4.69, 9.17) is 5.11 Å². The number of rotatable bonds is 4. The monoisotopic (exact) mass is 301 g/mol. The Bertz CT molecular complexity index is 510. The van der Waals surface area contributed by atoms with E-state index in [-0.39, 0.29) is 11.7 Å². The van der Waals surface area contributed by atoms with Crippen molar-refractivity contribution in [2.24, 2.45) is 0 Å². The lowest BCUT2D eigenvalue weighted by atomic mass is 9.94. The molecule has 0 aliphatic heterocycles. The first kappa shape index (κ1) is 15.1. The zero-order valence-corrected chi connectivity index (χ0v) is 12.0. The molecule has 2 unspecified atom stereocenters. The molecule has 0 saturated heterocycles. The Morgan fingerprint density at radius 2 is 2.10 bits per heavy atom. The molecule has 20 heavy (non-hydrogen) atoms. The van der Waals surface area contributed by atoms with Gasteiger partial charge in [0.2, 0.25) is 0 Å². The Morgan fingerprint density at radius 3 is 2.75 bits per heavy atom. The van der Waals surface area contributed by atoms with E-state index in [0.717, 1.165) is 31.7 Å². The largest absolute Gasteiger partial charge is 0.478 e. The molecule has 1 aromatic carbocycles. The van der Waals surface area contributed by atoms with Gasteiger partial charge in [0.15, 0.2) is 11.6 Å². The van der Waals surface area contributed by atoms with Gasteiger partial charge in [-0.05, 0) is 37.7 Å². The molecule has 0 spiro atoms. The molecule has 1 fully saturated rings. The van der Waals surface area contributed by atoms with Crippen molar-refractivity contribution in [3.8, 4) is 0 Å². The van der Waals surface area contributed by atoms with E-state index in [9.17, 15) is 13.6 Å². The number of aromatic carboxylic acids is 1. The van der Waals surface area contributed by atoms with Gasteiger partial charge >= 0.3 is 5.97 Å². The molecule has 0 bridgehead atoms. The number of carboxylic acid groups (broad SMARTS) is 1. The van der Waals surface area contributed by atoms with Crippen LogP contribution in [0.3, 0.4) is 0 Å². The number of thioether (sulfide) groups is 1. The fraction of sp³-hybridized carbons (Fsp3) is 0.500. The SMILES string of the molecule is CSC1CCCC(Nc2ccc(C(=O)O)c(F)c2F)C1. The van der Waals surface area contributed by atoms with Gasteiger partial charge < -0.3 is 10.4 Å². The maximum absolute atomic E-state index is 13.9. The van der Waals surface area contributed by atoms with E-state index in [2.05, 4.69) is 11.6 Å². The summed E-state index contributed by atoms with van der Waals surface area (Å²) in [7, 11) is 0. The molecule has 1 aliphatic rings. The second-order valence-corrected chi connectivity index (χ2v) is 6.10. The predicted octanol–water partition coefficient (Wildman–Crippen LogP) is 3.75. The van der Waals surface area contributed by atoms with Crippen LogP contribution in [-0.4, -0.2) is 28.6 Å². The van der Waals surface area contributed by atoms with Crippen molar-refractivity contribution in [1.29, 1.82) is 0 Å². The van der Waals surface area contributed by atoms with Crippen LogP contribution >= 0.6 is 11.8 Å². The van der Waals surface area contributed by atoms with Gasteiger partial charge in [-0.3, -0.25) is 0 Å². The average molecular weight is 301 g/mol.